The van der Waals surface area contributed by atoms with Crippen LogP contribution in [-0.2, 0) is 31.1 Å². The number of benzene rings is 2. The molecule has 0 aliphatic carbocycles. The molecule has 0 spiro atoms. The van der Waals surface area contributed by atoms with Crippen molar-refractivity contribution in [3.8, 4) is 0 Å². The van der Waals surface area contributed by atoms with E-state index in [1.54, 1.807) is 23.1 Å². The van der Waals surface area contributed by atoms with Crippen molar-refractivity contribution >= 4 is 88.5 Å². The van der Waals surface area contributed by atoms with E-state index in [0.29, 0.717) is 49.2 Å². The summed E-state index contributed by atoms with van der Waals surface area (Å²) in [4.78, 5) is 3.08. The molecule has 0 saturated heterocycles. The molecule has 240 valence electrons. The maximum atomic E-state index is 12.9. The SMILES string of the molecule is CC[N+](CC)(CC)OS(=O)(=O)CCCN1/C(=C\C=C\c2sc3ccc(Cl)cc3[n+]2CCCS(=O)(=O)O)Sc2ccc(Cl)cc21. The summed E-state index contributed by atoms with van der Waals surface area (Å²) >= 11 is 15.7. The highest BCUT2D eigenvalue weighted by molar-refractivity contribution is 8.03. The predicted molar refractivity (Wildman–Crippen MR) is 181 cm³/mol. The number of hydrogen-bond donors (Lipinski definition) is 1. The van der Waals surface area contributed by atoms with Gasteiger partial charge in [0.05, 0.1) is 22.2 Å². The minimum absolute atomic E-state index is 0.0655. The largest absolute Gasteiger partial charge is 0.335 e. The lowest BCUT2D eigenvalue weighted by Crippen LogP contribution is -2.49. The molecule has 0 saturated carbocycles. The van der Waals surface area contributed by atoms with Gasteiger partial charge in [0.15, 0.2) is 6.54 Å². The lowest BCUT2D eigenvalue weighted by molar-refractivity contribution is -1.08. The summed E-state index contributed by atoms with van der Waals surface area (Å²) in [6, 6.07) is 11.2. The van der Waals surface area contributed by atoms with Crippen molar-refractivity contribution in [3.63, 3.8) is 0 Å². The zero-order valence-corrected chi connectivity index (χ0v) is 29.6. The Labute approximate surface area is 278 Å². The van der Waals surface area contributed by atoms with Crippen LogP contribution >= 0.6 is 46.3 Å². The minimum atomic E-state index is -4.07. The molecule has 2 heterocycles. The van der Waals surface area contributed by atoms with Crippen LogP contribution in [0, 0.1) is 0 Å². The first-order chi connectivity index (χ1) is 20.8. The zero-order valence-electron chi connectivity index (χ0n) is 24.8. The maximum absolute atomic E-state index is 12.9. The molecule has 44 heavy (non-hydrogen) atoms. The Bertz CT molecular complexity index is 1760. The van der Waals surface area contributed by atoms with Crippen LogP contribution in [0.25, 0.3) is 16.3 Å². The van der Waals surface area contributed by atoms with Crippen molar-refractivity contribution in [2.45, 2.75) is 45.1 Å². The van der Waals surface area contributed by atoms with E-state index in [-0.39, 0.29) is 22.6 Å². The fraction of sp³-hybridized carbons (Fsp3) is 0.414. The standard InChI is InChI=1S/C29H36Cl2N3O6S4/c1-4-34(5-2,6-3)40-44(38,39)19-9-17-33-25-21-23(31)13-15-27(25)42-29(33)11-7-10-28-32(16-8-18-43(35,36)37)24-20-22(30)12-14-26(24)41-28/h7,10-15,20-21H,4-6,8-9,16-19H2,1-3H3/q+1/p+1. The van der Waals surface area contributed by atoms with Gasteiger partial charge in [-0.15, -0.1) is 0 Å². The van der Waals surface area contributed by atoms with Crippen LogP contribution in [0.5, 0.6) is 0 Å². The Hall–Kier alpha value is -1.68. The van der Waals surface area contributed by atoms with Crippen molar-refractivity contribution in [1.82, 2.24) is 0 Å². The molecular weight excluding hydrogens is 686 g/mol. The molecule has 4 rings (SSSR count). The molecule has 0 unspecified atom stereocenters. The first-order valence-corrected chi connectivity index (χ1v) is 19.9. The lowest BCUT2D eigenvalue weighted by atomic mass is 10.2. The Morgan fingerprint density at radius 1 is 0.977 bits per heavy atom. The summed E-state index contributed by atoms with van der Waals surface area (Å²) in [6.07, 6.45) is 6.44. The Kier molecular flexibility index (Phi) is 11.9. The summed E-state index contributed by atoms with van der Waals surface area (Å²) < 4.78 is 66.3. The molecule has 15 heteroatoms. The molecule has 2 aromatic carbocycles. The van der Waals surface area contributed by atoms with Gasteiger partial charge in [0.1, 0.15) is 24.3 Å². The number of anilines is 1. The maximum Gasteiger partial charge on any atom is 0.314 e. The van der Waals surface area contributed by atoms with Crippen molar-refractivity contribution < 1.29 is 34.9 Å². The third-order valence-electron chi connectivity index (χ3n) is 7.42. The van der Waals surface area contributed by atoms with Gasteiger partial charge in [-0.1, -0.05) is 56.7 Å². The fourth-order valence-corrected chi connectivity index (χ4v) is 9.33. The molecule has 1 N–H and O–H groups in total. The van der Waals surface area contributed by atoms with Crippen molar-refractivity contribution in [3.05, 3.63) is 68.6 Å². The van der Waals surface area contributed by atoms with Crippen LogP contribution < -0.4 is 9.47 Å². The predicted octanol–water partition coefficient (Wildman–Crippen LogP) is 6.77. The van der Waals surface area contributed by atoms with Gasteiger partial charge in [-0.2, -0.15) is 26.0 Å². The number of hydrogen-bond acceptors (Lipinski definition) is 8. The molecular formula is C29H37Cl2N3O6S4+2. The van der Waals surface area contributed by atoms with Crippen LogP contribution in [0.3, 0.4) is 0 Å². The van der Waals surface area contributed by atoms with Gasteiger partial charge in [-0.25, -0.2) is 0 Å². The number of quaternary nitrogens is 1. The lowest BCUT2D eigenvalue weighted by Gasteiger charge is -2.31. The molecule has 0 atom stereocenters. The molecule has 1 aromatic heterocycles. The third-order valence-corrected chi connectivity index (χ3v) is 12.3. The van der Waals surface area contributed by atoms with E-state index in [9.17, 15) is 21.4 Å². The van der Waals surface area contributed by atoms with Gasteiger partial charge >= 0.3 is 10.1 Å². The second kappa shape index (κ2) is 14.8. The van der Waals surface area contributed by atoms with Gasteiger partial charge in [0.2, 0.25) is 5.52 Å². The van der Waals surface area contributed by atoms with Crippen LogP contribution in [0.1, 0.15) is 38.6 Å². The van der Waals surface area contributed by atoms with Crippen LogP contribution in [0.4, 0.5) is 5.69 Å². The average molecular weight is 723 g/mol. The van der Waals surface area contributed by atoms with Gasteiger partial charge in [-0.3, -0.25) is 4.55 Å². The van der Waals surface area contributed by atoms with Crippen molar-refractivity contribution in [2.24, 2.45) is 0 Å². The molecule has 1 aliphatic rings. The number of thioether (sulfide) groups is 1. The highest BCUT2D eigenvalue weighted by Crippen LogP contribution is 2.47. The van der Waals surface area contributed by atoms with Gasteiger partial charge < -0.3 is 4.90 Å². The number of halogens is 2. The monoisotopic (exact) mass is 721 g/mol. The molecule has 0 amide bonds. The van der Waals surface area contributed by atoms with E-state index in [1.165, 1.54) is 0 Å². The van der Waals surface area contributed by atoms with E-state index in [4.69, 9.17) is 27.5 Å². The normalized spacial score (nSPS) is 15.2. The number of allylic oxidation sites excluding steroid dienone is 2. The third kappa shape index (κ3) is 8.98. The smallest absolute Gasteiger partial charge is 0.314 e. The van der Waals surface area contributed by atoms with E-state index < -0.39 is 20.2 Å². The van der Waals surface area contributed by atoms with E-state index in [2.05, 4.69) is 4.90 Å². The highest BCUT2D eigenvalue weighted by atomic mass is 35.5. The Morgan fingerprint density at radius 2 is 1.66 bits per heavy atom. The molecule has 1 aliphatic heterocycles. The first kappa shape index (κ1) is 35.2. The molecule has 0 bridgehead atoms. The summed E-state index contributed by atoms with van der Waals surface area (Å²) in [5, 5.41) is 2.96. The van der Waals surface area contributed by atoms with Gasteiger partial charge in [0, 0.05) is 40.0 Å². The summed E-state index contributed by atoms with van der Waals surface area (Å²) in [7, 11) is -7.82. The van der Waals surface area contributed by atoms with Crippen LogP contribution in [0.15, 0.2) is 58.5 Å². The number of aromatic nitrogens is 1. The van der Waals surface area contributed by atoms with Gasteiger partial charge in [-0.05, 0) is 63.6 Å². The first-order valence-electron chi connectivity index (χ1n) is 14.3. The molecule has 0 radical (unpaired) electrons. The number of aryl methyl sites for hydroxylation is 1. The van der Waals surface area contributed by atoms with Crippen LogP contribution in [0.2, 0.25) is 10.0 Å². The van der Waals surface area contributed by atoms with Crippen LogP contribution in [-0.4, -0.2) is 63.7 Å². The number of rotatable bonds is 15. The van der Waals surface area contributed by atoms with E-state index in [1.807, 2.05) is 80.0 Å². The Morgan fingerprint density at radius 3 is 2.34 bits per heavy atom. The zero-order chi connectivity index (χ0) is 32.1. The Balaban J connectivity index is 1.56. The van der Waals surface area contributed by atoms with E-state index >= 15 is 0 Å². The summed E-state index contributed by atoms with van der Waals surface area (Å²) in [6.45, 7) is 8.28. The molecule has 3 aromatic rings. The number of nitrogens with zero attached hydrogens (tertiary/aromatic N) is 3. The van der Waals surface area contributed by atoms with Gasteiger partial charge in [0.25, 0.3) is 15.1 Å². The van der Waals surface area contributed by atoms with Crippen molar-refractivity contribution in [2.75, 3.05) is 42.6 Å². The molecule has 9 nitrogen and oxygen atoms in total. The minimum Gasteiger partial charge on any atom is -0.335 e. The molecule has 0 fully saturated rings. The quantitative estimate of drug-likeness (QED) is 0.0794. The average Bonchev–Trinajstić information content (AvgIpc) is 3.48. The number of thiazole rings is 1. The number of hydroxylamine groups is 3. The number of fused-ring (bicyclic) bond motifs is 2. The van der Waals surface area contributed by atoms with Crippen molar-refractivity contribution in [1.29, 1.82) is 0 Å². The topological polar surface area (TPSA) is 105 Å². The summed E-state index contributed by atoms with van der Waals surface area (Å²) in [5.74, 6) is -0.450. The second-order valence-electron chi connectivity index (χ2n) is 10.3. The van der Waals surface area contributed by atoms with E-state index in [0.717, 1.165) is 30.8 Å². The second-order valence-corrected chi connectivity index (χ2v) is 16.5. The summed E-state index contributed by atoms with van der Waals surface area (Å²) in [5.41, 5.74) is 1.79. The highest BCUT2D eigenvalue weighted by Gasteiger charge is 2.32. The fourth-order valence-electron chi connectivity index (χ4n) is 4.98.